The number of hydrogen-bond donors (Lipinski definition) is 0. The Kier molecular flexibility index (Phi) is 5.12. The second-order valence-electron chi connectivity index (χ2n) is 5.68. The monoisotopic (exact) mass is 373 g/mol. The smallest absolute Gasteiger partial charge is 0.416 e. The fourth-order valence-corrected chi connectivity index (χ4v) is 2.22. The van der Waals surface area contributed by atoms with E-state index < -0.39 is 17.7 Å². The summed E-state index contributed by atoms with van der Waals surface area (Å²) in [6, 6.07) is 14.0. The molecule has 4 nitrogen and oxygen atoms in total. The van der Waals surface area contributed by atoms with Crippen molar-refractivity contribution < 1.29 is 27.4 Å². The van der Waals surface area contributed by atoms with Crippen molar-refractivity contribution in [3.05, 3.63) is 83.6 Å². The Morgan fingerprint density at radius 3 is 2.33 bits per heavy atom. The van der Waals surface area contributed by atoms with E-state index in [0.717, 1.165) is 23.8 Å². The zero-order valence-corrected chi connectivity index (χ0v) is 14.2. The number of aryl methyl sites for hydroxylation is 1. The maximum atomic E-state index is 13.0. The zero-order chi connectivity index (χ0) is 19.4. The highest BCUT2D eigenvalue weighted by Gasteiger charge is 2.32. The number of rotatable bonds is 4. The summed E-state index contributed by atoms with van der Waals surface area (Å²) in [7, 11) is 0. The molecule has 27 heavy (non-hydrogen) atoms. The third-order valence-electron chi connectivity index (χ3n) is 3.61. The fraction of sp³-hybridized carbons (Fsp3) is 0.100. The minimum atomic E-state index is -4.59. The summed E-state index contributed by atoms with van der Waals surface area (Å²) >= 11 is 0. The number of carbonyl (C=O) groups excluding carboxylic acids is 1. The quantitative estimate of drug-likeness (QED) is 0.453. The molecule has 138 valence electrons. The van der Waals surface area contributed by atoms with Crippen molar-refractivity contribution in [2.45, 2.75) is 13.1 Å². The molecule has 1 heterocycles. The van der Waals surface area contributed by atoms with Gasteiger partial charge in [0.15, 0.2) is 11.5 Å². The van der Waals surface area contributed by atoms with Gasteiger partial charge in [0.05, 0.1) is 11.1 Å². The molecule has 0 aliphatic heterocycles. The van der Waals surface area contributed by atoms with Crippen LogP contribution in [0.5, 0.6) is 17.4 Å². The summed E-state index contributed by atoms with van der Waals surface area (Å²) in [6.07, 6.45) is -3.12. The summed E-state index contributed by atoms with van der Waals surface area (Å²) in [4.78, 5) is 16.3. The Morgan fingerprint density at radius 1 is 0.963 bits per heavy atom. The third-order valence-corrected chi connectivity index (χ3v) is 3.61. The molecule has 0 saturated carbocycles. The van der Waals surface area contributed by atoms with Crippen molar-refractivity contribution in [3.8, 4) is 17.4 Å². The van der Waals surface area contributed by atoms with Crippen molar-refractivity contribution in [3.63, 3.8) is 0 Å². The van der Waals surface area contributed by atoms with Gasteiger partial charge in [0, 0.05) is 12.3 Å². The average molecular weight is 373 g/mol. The first kappa shape index (κ1) is 18.4. The lowest BCUT2D eigenvalue weighted by molar-refractivity contribution is -0.137. The van der Waals surface area contributed by atoms with E-state index in [9.17, 15) is 18.0 Å². The Morgan fingerprint density at radius 2 is 1.70 bits per heavy atom. The van der Waals surface area contributed by atoms with Crippen molar-refractivity contribution >= 4 is 5.97 Å². The van der Waals surface area contributed by atoms with Crippen molar-refractivity contribution in [1.29, 1.82) is 0 Å². The van der Waals surface area contributed by atoms with E-state index in [-0.39, 0.29) is 22.9 Å². The number of pyridine rings is 1. The van der Waals surface area contributed by atoms with Gasteiger partial charge >= 0.3 is 12.1 Å². The minimum Gasteiger partial charge on any atom is -0.435 e. The molecule has 0 radical (unpaired) electrons. The second-order valence-corrected chi connectivity index (χ2v) is 5.68. The molecule has 0 unspecified atom stereocenters. The van der Waals surface area contributed by atoms with Crippen LogP contribution in [0, 0.1) is 6.92 Å². The first-order chi connectivity index (χ1) is 12.8. The van der Waals surface area contributed by atoms with E-state index in [0.29, 0.717) is 0 Å². The van der Waals surface area contributed by atoms with E-state index >= 15 is 0 Å². The lowest BCUT2D eigenvalue weighted by atomic mass is 10.1. The molecule has 0 atom stereocenters. The molecule has 0 aliphatic carbocycles. The van der Waals surface area contributed by atoms with Gasteiger partial charge in [-0.25, -0.2) is 9.78 Å². The van der Waals surface area contributed by atoms with Gasteiger partial charge in [0.25, 0.3) is 0 Å². The summed E-state index contributed by atoms with van der Waals surface area (Å²) in [5.41, 5.74) is 0.189. The van der Waals surface area contributed by atoms with Gasteiger partial charge < -0.3 is 9.47 Å². The molecule has 0 fully saturated rings. The van der Waals surface area contributed by atoms with E-state index in [1.807, 2.05) is 6.92 Å². The van der Waals surface area contributed by atoms with Gasteiger partial charge in [0.1, 0.15) is 0 Å². The number of benzene rings is 2. The molecule has 0 saturated heterocycles. The average Bonchev–Trinajstić information content (AvgIpc) is 2.63. The third kappa shape index (κ3) is 4.63. The Balaban J connectivity index is 1.94. The molecule has 0 bridgehead atoms. The number of halogens is 3. The van der Waals surface area contributed by atoms with Crippen molar-refractivity contribution in [2.24, 2.45) is 0 Å². The van der Waals surface area contributed by atoms with Crippen LogP contribution < -0.4 is 9.47 Å². The topological polar surface area (TPSA) is 48.4 Å². The molecule has 0 N–H and O–H groups in total. The van der Waals surface area contributed by atoms with Gasteiger partial charge in [-0.05, 0) is 43.3 Å². The highest BCUT2D eigenvalue weighted by molar-refractivity contribution is 5.91. The molecular weight excluding hydrogens is 359 g/mol. The van der Waals surface area contributed by atoms with Gasteiger partial charge in [-0.2, -0.15) is 13.2 Å². The molecular formula is C20H14F3NO3. The van der Waals surface area contributed by atoms with Crippen LogP contribution in [0.15, 0.2) is 66.9 Å². The predicted octanol–water partition coefficient (Wildman–Crippen LogP) is 5.42. The van der Waals surface area contributed by atoms with Crippen LogP contribution in [-0.2, 0) is 6.18 Å². The van der Waals surface area contributed by atoms with Crippen LogP contribution in [0.3, 0.4) is 0 Å². The van der Waals surface area contributed by atoms with E-state index in [1.165, 1.54) is 24.4 Å². The molecule has 3 aromatic rings. The number of esters is 1. The maximum absolute atomic E-state index is 13.0. The van der Waals surface area contributed by atoms with Crippen LogP contribution in [0.2, 0.25) is 0 Å². The molecule has 7 heteroatoms. The molecule has 2 aromatic carbocycles. The van der Waals surface area contributed by atoms with E-state index in [1.54, 1.807) is 24.3 Å². The fourth-order valence-electron chi connectivity index (χ4n) is 2.22. The van der Waals surface area contributed by atoms with Gasteiger partial charge in [-0.3, -0.25) is 0 Å². The Bertz CT molecular complexity index is 939. The number of alkyl halides is 3. The molecule has 0 aliphatic rings. The largest absolute Gasteiger partial charge is 0.435 e. The van der Waals surface area contributed by atoms with Gasteiger partial charge in [-0.15, -0.1) is 0 Å². The predicted molar refractivity (Wildman–Crippen MR) is 91.9 cm³/mol. The standard InChI is InChI=1S/C20H14F3NO3/c1-13-5-7-14(8-6-13)19(25)27-17-12-15(20(21,22)23)9-10-16(17)26-18-4-2-3-11-24-18/h2-12H,1H3. The van der Waals surface area contributed by atoms with Crippen LogP contribution in [0.25, 0.3) is 0 Å². The Hall–Kier alpha value is -3.35. The SMILES string of the molecule is Cc1ccc(C(=O)Oc2cc(C(F)(F)F)ccc2Oc2ccccn2)cc1. The maximum Gasteiger partial charge on any atom is 0.416 e. The van der Waals surface area contributed by atoms with Crippen LogP contribution in [-0.4, -0.2) is 11.0 Å². The summed E-state index contributed by atoms with van der Waals surface area (Å²) in [6.45, 7) is 1.85. The lowest BCUT2D eigenvalue weighted by Gasteiger charge is -2.14. The van der Waals surface area contributed by atoms with Gasteiger partial charge in [0.2, 0.25) is 5.88 Å². The van der Waals surface area contributed by atoms with E-state index in [4.69, 9.17) is 9.47 Å². The van der Waals surface area contributed by atoms with Crippen LogP contribution in [0.1, 0.15) is 21.5 Å². The van der Waals surface area contributed by atoms with Crippen LogP contribution in [0.4, 0.5) is 13.2 Å². The van der Waals surface area contributed by atoms with Crippen molar-refractivity contribution in [1.82, 2.24) is 4.98 Å². The van der Waals surface area contributed by atoms with E-state index in [2.05, 4.69) is 4.98 Å². The number of hydrogen-bond acceptors (Lipinski definition) is 4. The molecule has 3 rings (SSSR count). The summed E-state index contributed by atoms with van der Waals surface area (Å²) in [5, 5.41) is 0. The Labute approximate surface area is 153 Å². The molecule has 0 spiro atoms. The summed E-state index contributed by atoms with van der Waals surface area (Å²) < 4.78 is 49.8. The zero-order valence-electron chi connectivity index (χ0n) is 14.2. The number of aromatic nitrogens is 1. The highest BCUT2D eigenvalue weighted by Crippen LogP contribution is 2.38. The first-order valence-electron chi connectivity index (χ1n) is 7.92. The van der Waals surface area contributed by atoms with Crippen molar-refractivity contribution in [2.75, 3.05) is 0 Å². The normalized spacial score (nSPS) is 11.1. The lowest BCUT2D eigenvalue weighted by Crippen LogP contribution is -2.11. The number of nitrogens with zero attached hydrogens (tertiary/aromatic N) is 1. The number of ether oxygens (including phenoxy) is 2. The van der Waals surface area contributed by atoms with Gasteiger partial charge in [-0.1, -0.05) is 23.8 Å². The molecule has 0 amide bonds. The first-order valence-corrected chi connectivity index (χ1v) is 7.92. The molecule has 1 aromatic heterocycles. The minimum absolute atomic E-state index is 0.0536. The second kappa shape index (κ2) is 7.49. The summed E-state index contributed by atoms with van der Waals surface area (Å²) in [5.74, 6) is -1.03. The highest BCUT2D eigenvalue weighted by atomic mass is 19.4. The van der Waals surface area contributed by atoms with Crippen LogP contribution >= 0.6 is 0 Å². The number of carbonyl (C=O) groups is 1.